The van der Waals surface area contributed by atoms with Crippen molar-refractivity contribution in [3.63, 3.8) is 0 Å². The lowest BCUT2D eigenvalue weighted by Gasteiger charge is -2.34. The van der Waals surface area contributed by atoms with Crippen LogP contribution in [0.15, 0.2) is 30.3 Å². The first-order valence-electron chi connectivity index (χ1n) is 6.95. The van der Waals surface area contributed by atoms with Crippen LogP contribution >= 0.6 is 0 Å². The van der Waals surface area contributed by atoms with Crippen LogP contribution in [0.5, 0.6) is 0 Å². The van der Waals surface area contributed by atoms with Crippen LogP contribution in [0.1, 0.15) is 45.6 Å². The van der Waals surface area contributed by atoms with Gasteiger partial charge in [0.2, 0.25) is 5.91 Å². The molecule has 0 aliphatic heterocycles. The number of benzene rings is 1. The zero-order valence-electron chi connectivity index (χ0n) is 12.4. The Bertz CT molecular complexity index is 402. The van der Waals surface area contributed by atoms with Crippen LogP contribution in [-0.4, -0.2) is 18.0 Å². The minimum atomic E-state index is -0.326. The van der Waals surface area contributed by atoms with E-state index >= 15 is 0 Å². The number of amides is 1. The van der Waals surface area contributed by atoms with E-state index in [0.717, 1.165) is 0 Å². The molecule has 106 valence electrons. The molecule has 0 heterocycles. The van der Waals surface area contributed by atoms with Crippen molar-refractivity contribution in [1.29, 1.82) is 0 Å². The van der Waals surface area contributed by atoms with E-state index in [4.69, 9.17) is 5.73 Å². The zero-order chi connectivity index (χ0) is 14.5. The van der Waals surface area contributed by atoms with E-state index in [2.05, 4.69) is 38.2 Å². The lowest BCUT2D eigenvalue weighted by atomic mass is 9.88. The maximum Gasteiger partial charge on any atom is 0.221 e. The highest BCUT2D eigenvalue weighted by Crippen LogP contribution is 2.20. The van der Waals surface area contributed by atoms with Gasteiger partial charge in [0.05, 0.1) is 5.54 Å². The summed E-state index contributed by atoms with van der Waals surface area (Å²) in [6.45, 7) is 8.68. The Morgan fingerprint density at radius 1 is 1.26 bits per heavy atom. The number of hydrogen-bond donors (Lipinski definition) is 2. The molecule has 1 rings (SSSR count). The number of carbonyl (C=O) groups is 1. The number of carbonyl (C=O) groups excluding carboxylic acids is 1. The molecule has 1 aromatic carbocycles. The predicted molar refractivity (Wildman–Crippen MR) is 79.9 cm³/mol. The van der Waals surface area contributed by atoms with Crippen molar-refractivity contribution in [3.8, 4) is 0 Å². The van der Waals surface area contributed by atoms with Crippen molar-refractivity contribution >= 4 is 5.91 Å². The fourth-order valence-corrected chi connectivity index (χ4v) is 1.98. The van der Waals surface area contributed by atoms with E-state index in [-0.39, 0.29) is 17.4 Å². The molecule has 2 unspecified atom stereocenters. The number of nitrogens with two attached hydrogens (primary N) is 1. The summed E-state index contributed by atoms with van der Waals surface area (Å²) in [7, 11) is 0. The van der Waals surface area contributed by atoms with Crippen molar-refractivity contribution in [2.75, 3.05) is 6.54 Å². The van der Waals surface area contributed by atoms with Crippen molar-refractivity contribution < 1.29 is 4.79 Å². The van der Waals surface area contributed by atoms with Crippen molar-refractivity contribution in [1.82, 2.24) is 5.32 Å². The first-order chi connectivity index (χ1) is 8.89. The molecule has 0 saturated carbocycles. The van der Waals surface area contributed by atoms with Crippen LogP contribution < -0.4 is 11.1 Å². The average Bonchev–Trinajstić information content (AvgIpc) is 2.39. The molecule has 1 amide bonds. The molecule has 0 saturated heterocycles. The summed E-state index contributed by atoms with van der Waals surface area (Å²) in [6, 6.07) is 10.1. The average molecular weight is 262 g/mol. The van der Waals surface area contributed by atoms with Crippen LogP contribution in [0.3, 0.4) is 0 Å². The molecule has 0 bridgehead atoms. The molecule has 0 spiro atoms. The molecule has 3 nitrogen and oxygen atoms in total. The van der Waals surface area contributed by atoms with Crippen LogP contribution in [0.2, 0.25) is 0 Å². The molecule has 2 atom stereocenters. The second kappa shape index (κ2) is 6.71. The molecule has 0 aliphatic rings. The molecule has 0 aromatic heterocycles. The van der Waals surface area contributed by atoms with Gasteiger partial charge in [-0.3, -0.25) is 4.79 Å². The zero-order valence-corrected chi connectivity index (χ0v) is 12.4. The maximum atomic E-state index is 12.1. The molecule has 0 fully saturated rings. The highest BCUT2D eigenvalue weighted by atomic mass is 16.1. The van der Waals surface area contributed by atoms with Crippen molar-refractivity contribution in [3.05, 3.63) is 35.9 Å². The van der Waals surface area contributed by atoms with E-state index < -0.39 is 0 Å². The van der Waals surface area contributed by atoms with Gasteiger partial charge in [-0.25, -0.2) is 0 Å². The van der Waals surface area contributed by atoms with E-state index in [1.165, 1.54) is 5.56 Å². The second-order valence-corrected chi connectivity index (χ2v) is 5.84. The standard InChI is InChI=1S/C16H26N2O/c1-12(2)16(4,11-17)18-15(19)10-13(3)14-8-6-5-7-9-14/h5-9,12-13H,10-11,17H2,1-4H3,(H,18,19). The van der Waals surface area contributed by atoms with Gasteiger partial charge in [-0.15, -0.1) is 0 Å². The molecule has 0 radical (unpaired) electrons. The van der Waals surface area contributed by atoms with Gasteiger partial charge in [-0.2, -0.15) is 0 Å². The quantitative estimate of drug-likeness (QED) is 0.828. The van der Waals surface area contributed by atoms with Gasteiger partial charge in [-0.05, 0) is 24.3 Å². The van der Waals surface area contributed by atoms with Crippen LogP contribution in [0.25, 0.3) is 0 Å². The SMILES string of the molecule is CC(CC(=O)NC(C)(CN)C(C)C)c1ccccc1. The van der Waals surface area contributed by atoms with Gasteiger partial charge in [0.25, 0.3) is 0 Å². The molecule has 3 heteroatoms. The molecular weight excluding hydrogens is 236 g/mol. The summed E-state index contributed by atoms with van der Waals surface area (Å²) in [5.41, 5.74) is 6.65. The number of nitrogens with one attached hydrogen (secondary N) is 1. The van der Waals surface area contributed by atoms with Gasteiger partial charge in [0.1, 0.15) is 0 Å². The summed E-state index contributed by atoms with van der Waals surface area (Å²) >= 11 is 0. The van der Waals surface area contributed by atoms with E-state index in [1.54, 1.807) is 0 Å². The van der Waals surface area contributed by atoms with Crippen molar-refractivity contribution in [2.45, 2.75) is 45.6 Å². The fraction of sp³-hybridized carbons (Fsp3) is 0.562. The van der Waals surface area contributed by atoms with E-state index in [0.29, 0.717) is 18.9 Å². The Hall–Kier alpha value is -1.35. The Labute approximate surface area is 116 Å². The Balaban J connectivity index is 2.61. The third-order valence-corrected chi connectivity index (χ3v) is 3.98. The largest absolute Gasteiger partial charge is 0.349 e. The molecule has 0 aliphatic carbocycles. The number of hydrogen-bond acceptors (Lipinski definition) is 2. The van der Waals surface area contributed by atoms with Gasteiger partial charge in [0, 0.05) is 13.0 Å². The van der Waals surface area contributed by atoms with E-state index in [9.17, 15) is 4.79 Å². The minimum Gasteiger partial charge on any atom is -0.349 e. The molecule has 3 N–H and O–H groups in total. The lowest BCUT2D eigenvalue weighted by molar-refractivity contribution is -0.123. The molecular formula is C16H26N2O. The third-order valence-electron chi connectivity index (χ3n) is 3.98. The summed E-state index contributed by atoms with van der Waals surface area (Å²) in [6.07, 6.45) is 0.492. The van der Waals surface area contributed by atoms with Gasteiger partial charge in [-0.1, -0.05) is 51.1 Å². The third kappa shape index (κ3) is 4.35. The Morgan fingerprint density at radius 3 is 2.32 bits per heavy atom. The maximum absolute atomic E-state index is 12.1. The van der Waals surface area contributed by atoms with Crippen LogP contribution in [0.4, 0.5) is 0 Å². The molecule has 19 heavy (non-hydrogen) atoms. The predicted octanol–water partition coefficient (Wildman–Crippen LogP) is 2.67. The van der Waals surface area contributed by atoms with Gasteiger partial charge < -0.3 is 11.1 Å². The van der Waals surface area contributed by atoms with Crippen LogP contribution in [-0.2, 0) is 4.79 Å². The second-order valence-electron chi connectivity index (χ2n) is 5.84. The Kier molecular flexibility index (Phi) is 5.55. The van der Waals surface area contributed by atoms with Crippen LogP contribution in [0, 0.1) is 5.92 Å². The first kappa shape index (κ1) is 15.7. The summed E-state index contributed by atoms with van der Waals surface area (Å²) in [4.78, 5) is 12.1. The number of rotatable bonds is 6. The topological polar surface area (TPSA) is 55.1 Å². The lowest BCUT2D eigenvalue weighted by Crippen LogP contribution is -2.55. The van der Waals surface area contributed by atoms with E-state index in [1.807, 2.05) is 25.1 Å². The summed E-state index contributed by atoms with van der Waals surface area (Å²) in [5.74, 6) is 0.599. The highest BCUT2D eigenvalue weighted by Gasteiger charge is 2.28. The smallest absolute Gasteiger partial charge is 0.221 e. The summed E-state index contributed by atoms with van der Waals surface area (Å²) in [5, 5.41) is 3.08. The highest BCUT2D eigenvalue weighted by molar-refractivity contribution is 5.77. The first-order valence-corrected chi connectivity index (χ1v) is 6.95. The van der Waals surface area contributed by atoms with Gasteiger partial charge >= 0.3 is 0 Å². The monoisotopic (exact) mass is 262 g/mol. The normalized spacial score (nSPS) is 15.9. The molecule has 1 aromatic rings. The minimum absolute atomic E-state index is 0.0676. The summed E-state index contributed by atoms with van der Waals surface area (Å²) < 4.78 is 0. The fourth-order valence-electron chi connectivity index (χ4n) is 1.98. The van der Waals surface area contributed by atoms with Gasteiger partial charge in [0.15, 0.2) is 0 Å². The Morgan fingerprint density at radius 2 is 1.84 bits per heavy atom. The van der Waals surface area contributed by atoms with Crippen molar-refractivity contribution in [2.24, 2.45) is 11.7 Å².